The Morgan fingerprint density at radius 3 is 2.72 bits per heavy atom. The van der Waals surface area contributed by atoms with Gasteiger partial charge in [0.15, 0.2) is 5.69 Å². The molecule has 2 unspecified atom stereocenters. The third-order valence-electron chi connectivity index (χ3n) is 7.99. The number of aromatic hydroxyl groups is 1. The van der Waals surface area contributed by atoms with E-state index < -0.39 is 17.4 Å². The molecule has 1 N–H and O–H groups in total. The summed E-state index contributed by atoms with van der Waals surface area (Å²) in [6, 6.07) is 13.3. The van der Waals surface area contributed by atoms with Crippen molar-refractivity contribution in [3.05, 3.63) is 86.0 Å². The minimum atomic E-state index is -0.832. The average molecular weight is 565 g/mol. The number of aromatic nitrogens is 2. The van der Waals surface area contributed by atoms with Gasteiger partial charge in [0, 0.05) is 30.6 Å². The van der Waals surface area contributed by atoms with Gasteiger partial charge in [-0.25, -0.2) is 0 Å². The number of benzene rings is 2. The van der Waals surface area contributed by atoms with E-state index in [1.807, 2.05) is 18.2 Å². The fourth-order valence-corrected chi connectivity index (χ4v) is 7.24. The van der Waals surface area contributed by atoms with E-state index in [-0.39, 0.29) is 29.3 Å². The Morgan fingerprint density at radius 1 is 1.10 bits per heavy atom. The number of likely N-dealkylation sites (tertiary alicyclic amines) is 1. The Labute approximate surface area is 235 Å². The lowest BCUT2D eigenvalue weighted by Gasteiger charge is -2.36. The summed E-state index contributed by atoms with van der Waals surface area (Å²) in [5.74, 6) is -0.491. The number of amides is 2. The van der Waals surface area contributed by atoms with Gasteiger partial charge in [0.1, 0.15) is 5.82 Å². The number of carbonyl (C=O) groups is 2. The maximum absolute atomic E-state index is 13.8. The van der Waals surface area contributed by atoms with E-state index in [1.165, 1.54) is 28.5 Å². The molecule has 3 aromatic rings. The van der Waals surface area contributed by atoms with E-state index in [9.17, 15) is 19.5 Å². The second-order valence-electron chi connectivity index (χ2n) is 10.4. The molecule has 0 spiro atoms. The zero-order chi connectivity index (χ0) is 27.3. The van der Waals surface area contributed by atoms with Gasteiger partial charge in [-0.2, -0.15) is 4.98 Å². The van der Waals surface area contributed by atoms with Gasteiger partial charge in [-0.15, -0.1) is 11.8 Å². The molecule has 1 aliphatic carbocycles. The SMILES string of the molecule is Cc1ccc2c(c1)CC(N1CCn3c(C4CCCN4C(=O)CSc4ccccc4Cl)nc(=O)c(O)c3C1=O)C2. The Hall–Kier alpha value is -3.30. The molecule has 3 heterocycles. The summed E-state index contributed by atoms with van der Waals surface area (Å²) in [6.07, 6.45) is 2.89. The lowest BCUT2D eigenvalue weighted by molar-refractivity contribution is -0.129. The molecule has 3 aliphatic rings. The van der Waals surface area contributed by atoms with E-state index in [2.05, 4.69) is 30.1 Å². The molecule has 39 heavy (non-hydrogen) atoms. The van der Waals surface area contributed by atoms with Crippen LogP contribution in [0.3, 0.4) is 0 Å². The topological polar surface area (TPSA) is 95.7 Å². The lowest BCUT2D eigenvalue weighted by atomic mass is 10.1. The van der Waals surface area contributed by atoms with Crippen LogP contribution in [0.2, 0.25) is 5.02 Å². The maximum atomic E-state index is 13.8. The molecular formula is C29H29ClN4O4S. The maximum Gasteiger partial charge on any atom is 0.315 e. The molecule has 10 heteroatoms. The highest BCUT2D eigenvalue weighted by Crippen LogP contribution is 2.36. The number of fused-ring (bicyclic) bond motifs is 2. The normalized spacial score (nSPS) is 20.3. The molecule has 0 saturated carbocycles. The van der Waals surface area contributed by atoms with E-state index >= 15 is 0 Å². The van der Waals surface area contributed by atoms with Gasteiger partial charge >= 0.3 is 5.56 Å². The first-order valence-corrected chi connectivity index (χ1v) is 14.6. The molecule has 202 valence electrons. The van der Waals surface area contributed by atoms with Crippen LogP contribution >= 0.6 is 23.4 Å². The zero-order valence-electron chi connectivity index (χ0n) is 21.6. The minimum Gasteiger partial charge on any atom is -0.501 e. The molecule has 1 saturated heterocycles. The quantitative estimate of drug-likeness (QED) is 0.471. The minimum absolute atomic E-state index is 0.0203. The number of hydrogen-bond acceptors (Lipinski definition) is 6. The third-order valence-corrected chi connectivity index (χ3v) is 9.49. The summed E-state index contributed by atoms with van der Waals surface area (Å²) < 4.78 is 1.67. The first-order valence-electron chi connectivity index (χ1n) is 13.2. The Balaban J connectivity index is 1.26. The largest absolute Gasteiger partial charge is 0.501 e. The van der Waals surface area contributed by atoms with Crippen molar-refractivity contribution in [2.45, 2.75) is 56.1 Å². The lowest BCUT2D eigenvalue weighted by Crippen LogP contribution is -2.49. The smallest absolute Gasteiger partial charge is 0.315 e. The first kappa shape index (κ1) is 26.0. The molecule has 2 atom stereocenters. The summed E-state index contributed by atoms with van der Waals surface area (Å²) in [5, 5.41) is 11.3. The van der Waals surface area contributed by atoms with Crippen LogP contribution in [0.25, 0.3) is 0 Å². The molecule has 2 aliphatic heterocycles. The van der Waals surface area contributed by atoms with Gasteiger partial charge in [0.05, 0.1) is 16.8 Å². The summed E-state index contributed by atoms with van der Waals surface area (Å²) in [6.45, 7) is 3.44. The first-order chi connectivity index (χ1) is 18.8. The number of thioether (sulfide) groups is 1. The highest BCUT2D eigenvalue weighted by atomic mass is 35.5. The summed E-state index contributed by atoms with van der Waals surface area (Å²) in [4.78, 5) is 48.4. The fourth-order valence-electron chi connectivity index (χ4n) is 6.11. The Morgan fingerprint density at radius 2 is 1.90 bits per heavy atom. The van der Waals surface area contributed by atoms with Crippen LogP contribution in [0.5, 0.6) is 5.75 Å². The number of hydrogen-bond donors (Lipinski definition) is 1. The Bertz CT molecular complexity index is 1540. The molecule has 0 bridgehead atoms. The highest BCUT2D eigenvalue weighted by Gasteiger charge is 2.40. The molecular weight excluding hydrogens is 536 g/mol. The second kappa shape index (κ2) is 10.4. The molecule has 6 rings (SSSR count). The van der Waals surface area contributed by atoms with Gasteiger partial charge < -0.3 is 19.5 Å². The van der Waals surface area contributed by atoms with Crippen LogP contribution in [0.4, 0.5) is 0 Å². The average Bonchev–Trinajstić information content (AvgIpc) is 3.57. The number of carbonyl (C=O) groups excluding carboxylic acids is 2. The third kappa shape index (κ3) is 4.72. The van der Waals surface area contributed by atoms with Crippen molar-refractivity contribution in [2.75, 3.05) is 18.8 Å². The number of halogens is 1. The van der Waals surface area contributed by atoms with Gasteiger partial charge in [0.2, 0.25) is 11.7 Å². The van der Waals surface area contributed by atoms with E-state index in [1.54, 1.807) is 20.4 Å². The van der Waals surface area contributed by atoms with Crippen LogP contribution in [0.1, 0.15) is 51.9 Å². The second-order valence-corrected chi connectivity index (χ2v) is 11.8. The number of nitrogens with zero attached hydrogens (tertiary/aromatic N) is 4. The van der Waals surface area contributed by atoms with Crippen molar-refractivity contribution in [3.63, 3.8) is 0 Å². The predicted molar refractivity (Wildman–Crippen MR) is 149 cm³/mol. The van der Waals surface area contributed by atoms with Crippen LogP contribution in [0, 0.1) is 6.92 Å². The van der Waals surface area contributed by atoms with Crippen LogP contribution in [-0.4, -0.2) is 61.2 Å². The van der Waals surface area contributed by atoms with Gasteiger partial charge in [-0.05, 0) is 55.9 Å². The number of rotatable bonds is 5. The standard InChI is InChI=1S/C29H29ClN4O4S/c1-17-8-9-18-14-20(15-19(18)13-17)32-11-12-34-25(29(32)38)26(36)28(37)31-27(34)22-6-4-10-33(22)24(35)16-39-23-7-3-2-5-21(23)30/h2-3,5,7-9,13,20,22,36H,4,6,10-12,14-16H2,1H3. The molecule has 1 aromatic heterocycles. The number of aryl methyl sites for hydroxylation is 1. The van der Waals surface area contributed by atoms with Crippen LogP contribution < -0.4 is 5.56 Å². The zero-order valence-corrected chi connectivity index (χ0v) is 23.2. The van der Waals surface area contributed by atoms with Crippen LogP contribution in [-0.2, 0) is 24.2 Å². The molecule has 8 nitrogen and oxygen atoms in total. The van der Waals surface area contributed by atoms with Crippen molar-refractivity contribution in [2.24, 2.45) is 0 Å². The predicted octanol–water partition coefficient (Wildman–Crippen LogP) is 3.99. The van der Waals surface area contributed by atoms with Gasteiger partial charge in [-0.3, -0.25) is 14.4 Å². The monoisotopic (exact) mass is 564 g/mol. The summed E-state index contributed by atoms with van der Waals surface area (Å²) >= 11 is 7.63. The van der Waals surface area contributed by atoms with Gasteiger partial charge in [0.25, 0.3) is 5.91 Å². The van der Waals surface area contributed by atoms with Crippen molar-refractivity contribution in [3.8, 4) is 5.75 Å². The van der Waals surface area contributed by atoms with E-state index in [0.29, 0.717) is 36.9 Å². The molecule has 2 aromatic carbocycles. The Kier molecular flexibility index (Phi) is 6.89. The molecule has 1 fully saturated rings. The molecule has 0 radical (unpaired) electrons. The van der Waals surface area contributed by atoms with E-state index in [0.717, 1.165) is 24.2 Å². The fraction of sp³-hybridized carbons (Fsp3) is 0.379. The van der Waals surface area contributed by atoms with Crippen LogP contribution in [0.15, 0.2) is 52.2 Å². The highest BCUT2D eigenvalue weighted by molar-refractivity contribution is 8.00. The van der Waals surface area contributed by atoms with Crippen molar-refractivity contribution >= 4 is 35.2 Å². The summed E-state index contributed by atoms with van der Waals surface area (Å²) in [7, 11) is 0. The van der Waals surface area contributed by atoms with Crippen molar-refractivity contribution in [1.29, 1.82) is 0 Å². The van der Waals surface area contributed by atoms with Crippen molar-refractivity contribution < 1.29 is 14.7 Å². The van der Waals surface area contributed by atoms with Gasteiger partial charge in [-0.1, -0.05) is 47.5 Å². The molecule has 2 amide bonds. The van der Waals surface area contributed by atoms with Crippen molar-refractivity contribution in [1.82, 2.24) is 19.4 Å². The van der Waals surface area contributed by atoms with E-state index in [4.69, 9.17) is 11.6 Å². The summed E-state index contributed by atoms with van der Waals surface area (Å²) in [5.41, 5.74) is 2.81.